The molecule has 2 aromatic heterocycles. The van der Waals surface area contributed by atoms with Gasteiger partial charge >= 0.3 is 0 Å². The summed E-state index contributed by atoms with van der Waals surface area (Å²) in [6.45, 7) is 4.31. The topological polar surface area (TPSA) is 72.7 Å². The van der Waals surface area contributed by atoms with Gasteiger partial charge in [0.1, 0.15) is 5.69 Å². The van der Waals surface area contributed by atoms with Crippen molar-refractivity contribution < 1.29 is 4.79 Å². The van der Waals surface area contributed by atoms with E-state index in [2.05, 4.69) is 22.1 Å². The van der Waals surface area contributed by atoms with Crippen LogP contribution in [0.5, 0.6) is 0 Å². The van der Waals surface area contributed by atoms with Crippen LogP contribution in [0.25, 0.3) is 22.4 Å². The van der Waals surface area contributed by atoms with Gasteiger partial charge in [0.25, 0.3) is 0 Å². The largest absolute Gasteiger partial charge is 0.325 e. The van der Waals surface area contributed by atoms with E-state index in [4.69, 9.17) is 28.2 Å². The maximum atomic E-state index is 12.4. The number of halogens is 2. The number of nitrogens with zero attached hydrogens (tertiary/aromatic N) is 4. The minimum absolute atomic E-state index is 0.153. The number of fused-ring (bicyclic) bond motifs is 1. The Labute approximate surface area is 193 Å². The number of amides is 1. The van der Waals surface area contributed by atoms with Crippen molar-refractivity contribution in [2.45, 2.75) is 11.7 Å². The molecular formula is C22H17Cl2N5OS. The molecule has 0 saturated heterocycles. The highest BCUT2D eigenvalue weighted by Crippen LogP contribution is 2.27. The third-order valence-corrected chi connectivity index (χ3v) is 6.10. The highest BCUT2D eigenvalue weighted by molar-refractivity contribution is 7.99. The fourth-order valence-electron chi connectivity index (χ4n) is 2.97. The summed E-state index contributed by atoms with van der Waals surface area (Å²) in [5.74, 6) is 0.584. The van der Waals surface area contributed by atoms with Crippen molar-refractivity contribution in [1.29, 1.82) is 0 Å². The first-order chi connectivity index (χ1) is 15.0. The van der Waals surface area contributed by atoms with Crippen molar-refractivity contribution in [3.63, 3.8) is 0 Å². The molecule has 0 aliphatic heterocycles. The van der Waals surface area contributed by atoms with E-state index in [1.165, 1.54) is 11.8 Å². The van der Waals surface area contributed by atoms with Crippen molar-refractivity contribution in [3.05, 3.63) is 77.3 Å². The average Bonchev–Trinajstić information content (AvgIpc) is 3.17. The van der Waals surface area contributed by atoms with Gasteiger partial charge in [0.2, 0.25) is 5.91 Å². The van der Waals surface area contributed by atoms with Crippen LogP contribution in [-0.2, 0) is 11.3 Å². The van der Waals surface area contributed by atoms with E-state index in [-0.39, 0.29) is 11.7 Å². The van der Waals surface area contributed by atoms with E-state index in [0.717, 1.165) is 10.9 Å². The van der Waals surface area contributed by atoms with Gasteiger partial charge < -0.3 is 5.32 Å². The number of carbonyl (C=O) groups excluding carboxylic acids is 1. The highest BCUT2D eigenvalue weighted by Gasteiger charge is 2.16. The molecular weight excluding hydrogens is 453 g/mol. The Balaban J connectivity index is 1.52. The zero-order valence-electron chi connectivity index (χ0n) is 16.3. The van der Waals surface area contributed by atoms with E-state index < -0.39 is 0 Å². The lowest BCUT2D eigenvalue weighted by molar-refractivity contribution is -0.113. The number of thioether (sulfide) groups is 1. The van der Waals surface area contributed by atoms with Gasteiger partial charge in [-0.2, -0.15) is 0 Å². The van der Waals surface area contributed by atoms with Crippen molar-refractivity contribution in [1.82, 2.24) is 19.7 Å². The third-order valence-electron chi connectivity index (χ3n) is 4.39. The molecule has 1 amide bonds. The second-order valence-electron chi connectivity index (χ2n) is 6.56. The van der Waals surface area contributed by atoms with Gasteiger partial charge in [0.15, 0.2) is 11.0 Å². The van der Waals surface area contributed by atoms with Crippen molar-refractivity contribution in [3.8, 4) is 11.5 Å². The maximum absolute atomic E-state index is 12.4. The molecule has 2 heterocycles. The number of rotatable bonds is 7. The SMILES string of the molecule is C=CCn1c(SCC(=O)Nc2ccc(Cl)c(Cl)c2)nnc1-c1ccc2ccccc2n1. The summed E-state index contributed by atoms with van der Waals surface area (Å²) < 4.78 is 1.89. The monoisotopic (exact) mass is 469 g/mol. The molecule has 4 aromatic rings. The molecule has 9 heteroatoms. The van der Waals surface area contributed by atoms with E-state index in [1.54, 1.807) is 24.3 Å². The Hall–Kier alpha value is -2.87. The average molecular weight is 470 g/mol. The molecule has 0 fully saturated rings. The van der Waals surface area contributed by atoms with Gasteiger partial charge in [-0.15, -0.1) is 16.8 Å². The van der Waals surface area contributed by atoms with Crippen LogP contribution in [0.2, 0.25) is 10.0 Å². The standard InChI is InChI=1S/C22H17Cl2N5OS/c1-2-11-29-21(19-10-7-14-5-3-4-6-18(14)26-19)27-28-22(29)31-13-20(30)25-15-8-9-16(23)17(24)12-15/h2-10,12H,1,11,13H2,(H,25,30). The summed E-state index contributed by atoms with van der Waals surface area (Å²) in [6, 6.07) is 16.7. The van der Waals surface area contributed by atoms with Crippen molar-refractivity contribution in [2.75, 3.05) is 11.1 Å². The lowest BCUT2D eigenvalue weighted by Gasteiger charge is -2.09. The fourth-order valence-corrected chi connectivity index (χ4v) is 4.02. The summed E-state index contributed by atoms with van der Waals surface area (Å²) in [5, 5.41) is 13.8. The summed E-state index contributed by atoms with van der Waals surface area (Å²) >= 11 is 13.2. The first-order valence-corrected chi connectivity index (χ1v) is 11.1. The first-order valence-electron chi connectivity index (χ1n) is 9.33. The number of pyridine rings is 1. The Morgan fingerprint density at radius 3 is 2.74 bits per heavy atom. The molecule has 0 radical (unpaired) electrons. The van der Waals surface area contributed by atoms with Gasteiger partial charge in [0, 0.05) is 17.6 Å². The Kier molecular flexibility index (Phi) is 6.56. The van der Waals surface area contributed by atoms with Crippen LogP contribution >= 0.6 is 35.0 Å². The minimum Gasteiger partial charge on any atom is -0.325 e. The highest BCUT2D eigenvalue weighted by atomic mass is 35.5. The van der Waals surface area contributed by atoms with Gasteiger partial charge in [-0.1, -0.05) is 65.3 Å². The van der Waals surface area contributed by atoms with Crippen LogP contribution in [0.3, 0.4) is 0 Å². The van der Waals surface area contributed by atoms with E-state index in [1.807, 2.05) is 41.0 Å². The number of benzene rings is 2. The number of hydrogen-bond acceptors (Lipinski definition) is 5. The Morgan fingerprint density at radius 2 is 1.94 bits per heavy atom. The van der Waals surface area contributed by atoms with E-state index in [0.29, 0.717) is 39.0 Å². The summed E-state index contributed by atoms with van der Waals surface area (Å²) in [5.41, 5.74) is 2.16. The summed E-state index contributed by atoms with van der Waals surface area (Å²) in [7, 11) is 0. The van der Waals surface area contributed by atoms with Gasteiger partial charge in [-0.3, -0.25) is 9.36 Å². The normalized spacial score (nSPS) is 10.9. The smallest absolute Gasteiger partial charge is 0.234 e. The summed E-state index contributed by atoms with van der Waals surface area (Å²) in [4.78, 5) is 17.1. The number of para-hydroxylation sites is 1. The molecule has 0 saturated carbocycles. The van der Waals surface area contributed by atoms with Gasteiger partial charge in [-0.05, 0) is 30.3 Å². The molecule has 0 bridgehead atoms. The van der Waals surface area contributed by atoms with Gasteiger partial charge in [0.05, 0.1) is 21.3 Å². The molecule has 156 valence electrons. The molecule has 6 nitrogen and oxygen atoms in total. The molecule has 4 rings (SSSR count). The quantitative estimate of drug-likeness (QED) is 0.276. The minimum atomic E-state index is -0.193. The van der Waals surface area contributed by atoms with Crippen LogP contribution < -0.4 is 5.32 Å². The van der Waals surface area contributed by atoms with Crippen LogP contribution in [0.15, 0.2) is 72.4 Å². The predicted molar refractivity (Wildman–Crippen MR) is 127 cm³/mol. The molecule has 1 N–H and O–H groups in total. The Bertz CT molecular complexity index is 1270. The van der Waals surface area contributed by atoms with E-state index >= 15 is 0 Å². The molecule has 0 aliphatic rings. The molecule has 0 aliphatic carbocycles. The summed E-state index contributed by atoms with van der Waals surface area (Å²) in [6.07, 6.45) is 1.76. The number of hydrogen-bond donors (Lipinski definition) is 1. The lowest BCUT2D eigenvalue weighted by Crippen LogP contribution is -2.14. The molecule has 0 atom stereocenters. The van der Waals surface area contributed by atoms with Crippen LogP contribution in [0.4, 0.5) is 5.69 Å². The molecule has 0 spiro atoms. The number of carbonyl (C=O) groups is 1. The predicted octanol–water partition coefficient (Wildman–Crippen LogP) is 5.72. The van der Waals surface area contributed by atoms with Crippen LogP contribution in [0.1, 0.15) is 0 Å². The number of allylic oxidation sites excluding steroid dienone is 1. The number of anilines is 1. The van der Waals surface area contributed by atoms with E-state index in [9.17, 15) is 4.79 Å². The van der Waals surface area contributed by atoms with Crippen LogP contribution in [0, 0.1) is 0 Å². The molecule has 2 aromatic carbocycles. The molecule has 0 unspecified atom stereocenters. The van der Waals surface area contributed by atoms with Gasteiger partial charge in [-0.25, -0.2) is 4.98 Å². The zero-order valence-corrected chi connectivity index (χ0v) is 18.6. The second-order valence-corrected chi connectivity index (χ2v) is 8.32. The molecule has 31 heavy (non-hydrogen) atoms. The fraction of sp³-hybridized carbons (Fsp3) is 0.0909. The number of aromatic nitrogens is 4. The van der Waals surface area contributed by atoms with Crippen molar-refractivity contribution >= 4 is 57.5 Å². The third kappa shape index (κ3) is 4.90. The maximum Gasteiger partial charge on any atom is 0.234 e. The Morgan fingerprint density at radius 1 is 1.10 bits per heavy atom. The van der Waals surface area contributed by atoms with Crippen LogP contribution in [-0.4, -0.2) is 31.4 Å². The lowest BCUT2D eigenvalue weighted by atomic mass is 10.2. The first kappa shape index (κ1) is 21.4. The number of nitrogens with one attached hydrogen (secondary N) is 1. The second kappa shape index (κ2) is 9.51. The zero-order chi connectivity index (χ0) is 21.8. The van der Waals surface area contributed by atoms with Crippen molar-refractivity contribution in [2.24, 2.45) is 0 Å².